The van der Waals surface area contributed by atoms with Gasteiger partial charge in [-0.1, -0.05) is 18.5 Å². The highest BCUT2D eigenvalue weighted by Crippen LogP contribution is 2.22. The number of carbonyl (C=O) groups is 2. The number of nitrogens with zero attached hydrogens (tertiary/aromatic N) is 2. The van der Waals surface area contributed by atoms with Crippen molar-refractivity contribution >= 4 is 29.1 Å². The summed E-state index contributed by atoms with van der Waals surface area (Å²) >= 11 is 5.74. The van der Waals surface area contributed by atoms with Gasteiger partial charge in [-0.3, -0.25) is 14.6 Å². The fraction of sp³-hybridized carbons (Fsp3) is 0.350. The van der Waals surface area contributed by atoms with E-state index in [9.17, 15) is 14.0 Å². The average Bonchev–Trinajstić information content (AvgIpc) is 2.70. The molecule has 1 aliphatic rings. The van der Waals surface area contributed by atoms with Crippen molar-refractivity contribution in [1.29, 1.82) is 0 Å². The van der Waals surface area contributed by atoms with Crippen LogP contribution in [0, 0.1) is 5.82 Å². The predicted molar refractivity (Wildman–Crippen MR) is 103 cm³/mol. The second-order valence-corrected chi connectivity index (χ2v) is 6.98. The van der Waals surface area contributed by atoms with Gasteiger partial charge in [-0.15, -0.1) is 0 Å². The Morgan fingerprint density at radius 3 is 2.85 bits per heavy atom. The van der Waals surface area contributed by atoms with Gasteiger partial charge >= 0.3 is 0 Å². The fourth-order valence-electron chi connectivity index (χ4n) is 3.31. The van der Waals surface area contributed by atoms with Crippen molar-refractivity contribution < 1.29 is 14.0 Å². The summed E-state index contributed by atoms with van der Waals surface area (Å²) in [4.78, 5) is 31.3. The van der Waals surface area contributed by atoms with E-state index in [-0.39, 0.29) is 22.7 Å². The molecular weight excluding hydrogens is 369 g/mol. The Morgan fingerprint density at radius 2 is 2.11 bits per heavy atom. The molecule has 1 saturated heterocycles. The summed E-state index contributed by atoms with van der Waals surface area (Å²) in [5, 5.41) is 2.57. The number of benzene rings is 1. The van der Waals surface area contributed by atoms with E-state index < -0.39 is 11.7 Å². The molecule has 2 aromatic rings. The Kier molecular flexibility index (Phi) is 6.06. The monoisotopic (exact) mass is 389 g/mol. The van der Waals surface area contributed by atoms with Crippen molar-refractivity contribution in [2.75, 3.05) is 11.9 Å². The van der Waals surface area contributed by atoms with Crippen LogP contribution < -0.4 is 5.32 Å². The van der Waals surface area contributed by atoms with Crippen LogP contribution in [0.15, 0.2) is 36.5 Å². The molecule has 0 aliphatic carbocycles. The zero-order valence-electron chi connectivity index (χ0n) is 15.0. The lowest BCUT2D eigenvalue weighted by atomic mass is 9.99. The molecule has 0 bridgehead atoms. The molecule has 1 unspecified atom stereocenters. The lowest BCUT2D eigenvalue weighted by molar-refractivity contribution is 0.0602. The molecule has 5 nitrogen and oxygen atoms in total. The summed E-state index contributed by atoms with van der Waals surface area (Å²) in [6.07, 6.45) is 5.45. The highest BCUT2D eigenvalue weighted by molar-refractivity contribution is 6.31. The first kappa shape index (κ1) is 19.3. The first-order valence-electron chi connectivity index (χ1n) is 9.03. The molecule has 0 radical (unpaired) electrons. The van der Waals surface area contributed by atoms with E-state index in [1.54, 1.807) is 0 Å². The Hall–Kier alpha value is -2.47. The number of halogens is 2. The minimum atomic E-state index is -0.557. The maximum absolute atomic E-state index is 13.2. The summed E-state index contributed by atoms with van der Waals surface area (Å²) in [6.45, 7) is 2.78. The summed E-state index contributed by atoms with van der Waals surface area (Å²) in [6, 6.07) is 7.18. The van der Waals surface area contributed by atoms with Crippen molar-refractivity contribution in [1.82, 2.24) is 9.88 Å². The van der Waals surface area contributed by atoms with Crippen LogP contribution in [-0.2, 0) is 0 Å². The van der Waals surface area contributed by atoms with Crippen molar-refractivity contribution in [2.45, 2.75) is 38.6 Å². The number of anilines is 1. The van der Waals surface area contributed by atoms with Gasteiger partial charge in [0, 0.05) is 30.0 Å². The van der Waals surface area contributed by atoms with Gasteiger partial charge < -0.3 is 10.2 Å². The largest absolute Gasteiger partial charge is 0.334 e. The number of nitrogens with one attached hydrogen (secondary N) is 1. The Labute approximate surface area is 162 Å². The zero-order chi connectivity index (χ0) is 19.4. The second-order valence-electron chi connectivity index (χ2n) is 6.57. The topological polar surface area (TPSA) is 62.3 Å². The average molecular weight is 390 g/mol. The molecule has 0 saturated carbocycles. The van der Waals surface area contributed by atoms with Crippen molar-refractivity contribution in [2.24, 2.45) is 0 Å². The number of aromatic nitrogens is 1. The Balaban J connectivity index is 1.77. The first-order chi connectivity index (χ1) is 13.0. The fourth-order valence-corrected chi connectivity index (χ4v) is 3.49. The number of carbonyl (C=O) groups excluding carboxylic acids is 2. The third kappa shape index (κ3) is 4.45. The SMILES string of the molecule is CCC1CCCCN1C(=O)c1cc(C(=O)Nc2ccc(F)c(Cl)c2)ccn1. The van der Waals surface area contributed by atoms with E-state index in [0.717, 1.165) is 25.7 Å². The number of hydrogen-bond acceptors (Lipinski definition) is 3. The second kappa shape index (κ2) is 8.48. The molecule has 7 heteroatoms. The molecule has 0 spiro atoms. The normalized spacial score (nSPS) is 16.9. The lowest BCUT2D eigenvalue weighted by Gasteiger charge is -2.35. The maximum Gasteiger partial charge on any atom is 0.272 e. The van der Waals surface area contributed by atoms with Gasteiger partial charge in [0.15, 0.2) is 0 Å². The smallest absolute Gasteiger partial charge is 0.272 e. The Bertz CT molecular complexity index is 859. The molecule has 27 heavy (non-hydrogen) atoms. The van der Waals surface area contributed by atoms with Crippen LogP contribution in [0.1, 0.15) is 53.5 Å². The van der Waals surface area contributed by atoms with Crippen LogP contribution in [0.2, 0.25) is 5.02 Å². The van der Waals surface area contributed by atoms with E-state index in [1.807, 2.05) is 4.90 Å². The van der Waals surface area contributed by atoms with Gasteiger partial charge in [0.1, 0.15) is 11.5 Å². The van der Waals surface area contributed by atoms with Crippen molar-refractivity contribution in [3.05, 3.63) is 58.6 Å². The van der Waals surface area contributed by atoms with Crippen molar-refractivity contribution in [3.63, 3.8) is 0 Å². The maximum atomic E-state index is 13.2. The van der Waals surface area contributed by atoms with Gasteiger partial charge in [0.25, 0.3) is 11.8 Å². The molecule has 1 fully saturated rings. The third-order valence-electron chi connectivity index (χ3n) is 4.78. The quantitative estimate of drug-likeness (QED) is 0.835. The molecule has 3 rings (SSSR count). The molecule has 1 aromatic heterocycles. The number of amides is 2. The van der Waals surface area contributed by atoms with Gasteiger partial charge in [-0.2, -0.15) is 0 Å². The van der Waals surface area contributed by atoms with Crippen LogP contribution in [0.5, 0.6) is 0 Å². The summed E-state index contributed by atoms with van der Waals surface area (Å²) in [5.41, 5.74) is 0.928. The molecule has 1 atom stereocenters. The van der Waals surface area contributed by atoms with Crippen LogP contribution in [0.4, 0.5) is 10.1 Å². The highest BCUT2D eigenvalue weighted by atomic mass is 35.5. The molecule has 2 heterocycles. The van der Waals surface area contributed by atoms with Crippen LogP contribution in [0.3, 0.4) is 0 Å². The van der Waals surface area contributed by atoms with Gasteiger partial charge in [-0.25, -0.2) is 4.39 Å². The lowest BCUT2D eigenvalue weighted by Crippen LogP contribution is -2.43. The number of hydrogen-bond donors (Lipinski definition) is 1. The minimum absolute atomic E-state index is 0.0749. The number of pyridine rings is 1. The van der Waals surface area contributed by atoms with Crippen molar-refractivity contribution in [3.8, 4) is 0 Å². The summed E-state index contributed by atoms with van der Waals surface area (Å²) < 4.78 is 13.2. The minimum Gasteiger partial charge on any atom is -0.334 e. The number of piperidine rings is 1. The van der Waals surface area contributed by atoms with Crippen LogP contribution >= 0.6 is 11.6 Å². The van der Waals surface area contributed by atoms with E-state index >= 15 is 0 Å². The number of rotatable bonds is 4. The van der Waals surface area contributed by atoms with Gasteiger partial charge in [-0.05, 0) is 56.0 Å². The molecule has 1 aromatic carbocycles. The van der Waals surface area contributed by atoms with Gasteiger partial charge in [0.2, 0.25) is 0 Å². The summed E-state index contributed by atoms with van der Waals surface area (Å²) in [7, 11) is 0. The summed E-state index contributed by atoms with van der Waals surface area (Å²) in [5.74, 6) is -1.13. The van der Waals surface area contributed by atoms with Crippen LogP contribution in [-0.4, -0.2) is 34.3 Å². The molecule has 2 amide bonds. The standard InChI is InChI=1S/C20H21ClFN3O2/c1-2-15-5-3-4-10-25(15)20(27)18-11-13(8-9-23-18)19(26)24-14-6-7-17(22)16(21)12-14/h6-9,11-12,15H,2-5,10H2,1H3,(H,24,26). The van der Waals surface area contributed by atoms with Crippen LogP contribution in [0.25, 0.3) is 0 Å². The third-order valence-corrected chi connectivity index (χ3v) is 5.07. The molecular formula is C20H21ClFN3O2. The highest BCUT2D eigenvalue weighted by Gasteiger charge is 2.27. The predicted octanol–water partition coefficient (Wildman–Crippen LogP) is 4.53. The van der Waals surface area contributed by atoms with E-state index in [1.165, 1.54) is 36.5 Å². The Morgan fingerprint density at radius 1 is 1.30 bits per heavy atom. The van der Waals surface area contributed by atoms with E-state index in [2.05, 4.69) is 17.2 Å². The van der Waals surface area contributed by atoms with Gasteiger partial charge in [0.05, 0.1) is 5.02 Å². The molecule has 1 N–H and O–H groups in total. The molecule has 142 valence electrons. The number of likely N-dealkylation sites (tertiary alicyclic amines) is 1. The van der Waals surface area contributed by atoms with E-state index in [0.29, 0.717) is 17.8 Å². The molecule has 1 aliphatic heterocycles. The first-order valence-corrected chi connectivity index (χ1v) is 9.41. The zero-order valence-corrected chi connectivity index (χ0v) is 15.8. The van der Waals surface area contributed by atoms with E-state index in [4.69, 9.17) is 11.6 Å².